The Kier molecular flexibility index (Phi) is 14.3. The molecular weight excluding hydrogens is 921 g/mol. The first kappa shape index (κ1) is 52.9. The number of rotatable bonds is 13. The van der Waals surface area contributed by atoms with Crippen LogP contribution >= 0.6 is 23.5 Å². The van der Waals surface area contributed by atoms with Gasteiger partial charge in [-0.3, -0.25) is 24.5 Å². The molecule has 1 unspecified atom stereocenters. The zero-order valence-corrected chi connectivity index (χ0v) is 45.2. The number of hydrogen-bond donors (Lipinski definition) is 4. The minimum Gasteiger partial charge on any atom is -0.455 e. The van der Waals surface area contributed by atoms with Crippen molar-refractivity contribution in [1.82, 2.24) is 19.6 Å². The summed E-state index contributed by atoms with van der Waals surface area (Å²) in [5.41, 5.74) is 4.06. The van der Waals surface area contributed by atoms with Crippen molar-refractivity contribution in [3.8, 4) is 11.5 Å². The molecular formula is C45H61B11ClN7O6S. The average Bonchev–Trinajstić information content (AvgIpc) is 3.76. The minimum absolute atomic E-state index is 0.0496. The quantitative estimate of drug-likeness (QED) is 0.0442. The Bertz CT molecular complexity index is 2870. The van der Waals surface area contributed by atoms with Crippen molar-refractivity contribution in [3.05, 3.63) is 117 Å². The van der Waals surface area contributed by atoms with Crippen molar-refractivity contribution in [2.45, 2.75) is 83.2 Å². The molecule has 4 N–H and O–H groups in total. The predicted octanol–water partition coefficient (Wildman–Crippen LogP) is -2.14. The number of nitro groups is 1. The van der Waals surface area contributed by atoms with Gasteiger partial charge in [0.05, 0.1) is 22.3 Å². The number of benzene rings is 3. The molecule has 5 aromatic rings. The summed E-state index contributed by atoms with van der Waals surface area (Å²) in [5.74, 6) is 0.588. The number of carbonyl (C=O) groups is 1. The number of halogens is 1. The third kappa shape index (κ3) is 9.91. The molecule has 4 heterocycles. The molecule has 26 heteroatoms. The molecule has 0 radical (unpaired) electrons. The zero-order chi connectivity index (χ0) is 51.7. The summed E-state index contributed by atoms with van der Waals surface area (Å²) in [7, 11) is 23.9. The molecule has 3 aliphatic rings. The van der Waals surface area contributed by atoms with Crippen molar-refractivity contribution in [3.63, 3.8) is 0 Å². The second kappa shape index (κ2) is 19.1. The lowest BCUT2D eigenvalue weighted by molar-refractivity contribution is -0.384. The normalized spacial score (nSPS) is 20.7. The highest BCUT2D eigenvalue weighted by Gasteiger charge is 2.65. The summed E-state index contributed by atoms with van der Waals surface area (Å²) in [6.45, 7) is 5.93. The number of amides is 1. The van der Waals surface area contributed by atoms with Gasteiger partial charge in [0.1, 0.15) is 101 Å². The minimum atomic E-state index is -1.37. The second-order valence-electron chi connectivity index (χ2n) is 23.3. The Morgan fingerprint density at radius 1 is 0.944 bits per heavy atom. The lowest BCUT2D eigenvalue weighted by atomic mass is 9.25. The van der Waals surface area contributed by atoms with Gasteiger partial charge in [-0.15, -0.1) is 0 Å². The maximum absolute atomic E-state index is 14.4. The number of piperazine rings is 1. The summed E-state index contributed by atoms with van der Waals surface area (Å²) in [6.07, 6.45) is 7.68. The standard InChI is InChI=1S/C45H61B11ClN7O6S/c1-39(2)15-11-33(32(22-39)24-3-5-27(57)6-4-24)41(48,66)64-44(53,54)42(49,50)62(43(51,52)45(64,55)56)28-7-9-31(36(20-28)70-29-19-25-12-16-58-37(25)59-23-29)38(65)61-71-30-8-10-34(35(21-30)63(67)68)60-40(46,47)26-13-17-69-18-14-26/h3-10,12,16,19-21,23,26,60,66H,11,13-15,17-18,22,46-56H2,1-2H3,(H,58,59)(H,61,65). The largest absolute Gasteiger partial charge is 0.455 e. The SMILES string of the molecule is BC(B)(Nc1ccc(SNC(=O)c2ccc(N3C(B)(B)C(B)(B)N(C(B)(O)C4=C(c5ccc(Cl)cc5)CC(C)(C)CC4)C(B)(B)C3(B)B)cc2Oc2cnc3[nH]ccc3c2)cc1[N+](=O)[O-])C1CCOCC1. The predicted molar refractivity (Wildman–Crippen MR) is 319 cm³/mol. The van der Waals surface area contributed by atoms with Gasteiger partial charge in [0, 0.05) is 52.5 Å². The van der Waals surface area contributed by atoms with Crippen LogP contribution in [-0.4, -0.2) is 163 Å². The smallest absolute Gasteiger partial charge is 0.293 e. The number of nitro benzene ring substituents is 1. The van der Waals surface area contributed by atoms with E-state index >= 15 is 0 Å². The van der Waals surface area contributed by atoms with Gasteiger partial charge in [-0.05, 0) is 147 Å². The summed E-state index contributed by atoms with van der Waals surface area (Å²) < 4.78 is 15.2. The number of ether oxygens (including phenoxy) is 2. The number of carbonyl (C=O) groups excluding carboxylic acids is 1. The molecule has 8 rings (SSSR count). The molecule has 1 aliphatic carbocycles. The number of allylic oxidation sites excluding steroid dienone is 1. The first-order chi connectivity index (χ1) is 33.1. The van der Waals surface area contributed by atoms with Crippen LogP contribution in [0.2, 0.25) is 5.02 Å². The number of aromatic nitrogens is 2. The second-order valence-corrected chi connectivity index (χ2v) is 24.6. The van der Waals surface area contributed by atoms with Gasteiger partial charge in [0.2, 0.25) is 0 Å². The number of hydrogen-bond acceptors (Lipinski definition) is 11. The van der Waals surface area contributed by atoms with E-state index in [1.807, 2.05) is 50.4 Å². The molecule has 71 heavy (non-hydrogen) atoms. The highest BCUT2D eigenvalue weighted by Crippen LogP contribution is 2.53. The van der Waals surface area contributed by atoms with Crippen LogP contribution < -0.4 is 19.7 Å². The van der Waals surface area contributed by atoms with E-state index < -0.39 is 43.1 Å². The van der Waals surface area contributed by atoms with Crippen LogP contribution in [0.15, 0.2) is 95.7 Å². The summed E-state index contributed by atoms with van der Waals surface area (Å²) in [4.78, 5) is 39.5. The molecule has 358 valence electrons. The lowest BCUT2D eigenvalue weighted by Crippen LogP contribution is -2.95. The fourth-order valence-electron chi connectivity index (χ4n) is 12.0. The van der Waals surface area contributed by atoms with Crippen molar-refractivity contribution in [2.24, 2.45) is 11.3 Å². The third-order valence-electron chi connectivity index (χ3n) is 16.7. The first-order valence-corrected chi connectivity index (χ1v) is 26.0. The maximum Gasteiger partial charge on any atom is 0.293 e. The molecule has 0 saturated carbocycles. The fraction of sp³-hybridized carbons (Fsp3) is 0.378. The van der Waals surface area contributed by atoms with Crippen LogP contribution in [0.4, 0.5) is 17.1 Å². The number of pyridine rings is 1. The molecule has 0 bridgehead atoms. The zero-order valence-electron chi connectivity index (χ0n) is 43.7. The molecule has 1 atom stereocenters. The Labute approximate surface area is 437 Å². The highest BCUT2D eigenvalue weighted by atomic mass is 35.5. The molecule has 1 amide bonds. The van der Waals surface area contributed by atoms with Crippen molar-refractivity contribution in [1.29, 1.82) is 0 Å². The first-order valence-electron chi connectivity index (χ1n) is 24.8. The van der Waals surface area contributed by atoms with E-state index in [2.05, 4.69) is 134 Å². The van der Waals surface area contributed by atoms with E-state index in [1.165, 1.54) is 6.07 Å². The Morgan fingerprint density at radius 2 is 1.61 bits per heavy atom. The van der Waals surface area contributed by atoms with E-state index in [0.29, 0.717) is 46.0 Å². The Balaban J connectivity index is 1.15. The van der Waals surface area contributed by atoms with Crippen LogP contribution in [-0.2, 0) is 4.74 Å². The monoisotopic (exact) mass is 984 g/mol. The van der Waals surface area contributed by atoms with Crippen molar-refractivity contribution >= 4 is 149 Å². The number of H-pyrrole nitrogens is 1. The van der Waals surface area contributed by atoms with E-state index in [-0.39, 0.29) is 22.6 Å². The van der Waals surface area contributed by atoms with Crippen molar-refractivity contribution in [2.75, 3.05) is 23.4 Å². The Hall–Kier alpha value is -4.41. The van der Waals surface area contributed by atoms with Gasteiger partial charge >= 0.3 is 0 Å². The van der Waals surface area contributed by atoms with E-state index in [1.54, 1.807) is 24.4 Å². The van der Waals surface area contributed by atoms with E-state index in [0.717, 1.165) is 71.8 Å². The maximum atomic E-state index is 14.4. The fourth-order valence-corrected chi connectivity index (χ4v) is 12.7. The van der Waals surface area contributed by atoms with Gasteiger partial charge in [0.15, 0.2) is 7.85 Å². The number of anilines is 2. The van der Waals surface area contributed by atoms with Gasteiger partial charge in [-0.2, -0.15) is 0 Å². The summed E-state index contributed by atoms with van der Waals surface area (Å²) in [5, 5.41) is 27.8. The summed E-state index contributed by atoms with van der Waals surface area (Å²) in [6, 6.07) is 22.4. The van der Waals surface area contributed by atoms with Gasteiger partial charge in [0.25, 0.3) is 11.6 Å². The molecule has 2 fully saturated rings. The van der Waals surface area contributed by atoms with Crippen LogP contribution in [0.25, 0.3) is 16.6 Å². The molecule has 13 nitrogen and oxygen atoms in total. The van der Waals surface area contributed by atoms with Crippen LogP contribution in [0.5, 0.6) is 11.5 Å². The highest BCUT2D eigenvalue weighted by molar-refractivity contribution is 7.98. The molecule has 2 saturated heterocycles. The van der Waals surface area contributed by atoms with Gasteiger partial charge in [-0.1, -0.05) is 37.6 Å². The van der Waals surface area contributed by atoms with Crippen LogP contribution in [0.3, 0.4) is 0 Å². The van der Waals surface area contributed by atoms with Gasteiger partial charge < -0.3 is 29.8 Å². The van der Waals surface area contributed by atoms with Crippen LogP contribution in [0.1, 0.15) is 61.9 Å². The topological polar surface area (TPSA) is 158 Å². The van der Waals surface area contributed by atoms with Crippen LogP contribution in [0, 0.1) is 21.4 Å². The number of aliphatic hydroxyl groups is 1. The Morgan fingerprint density at radius 3 is 2.25 bits per heavy atom. The molecule has 2 aromatic heterocycles. The number of fused-ring (bicyclic) bond motifs is 1. The number of nitrogens with one attached hydrogen (secondary N) is 3. The lowest BCUT2D eigenvalue weighted by Gasteiger charge is -2.77. The third-order valence-corrected chi connectivity index (χ3v) is 17.7. The molecule has 3 aromatic carbocycles. The van der Waals surface area contributed by atoms with E-state index in [4.69, 9.17) is 21.1 Å². The summed E-state index contributed by atoms with van der Waals surface area (Å²) >= 11 is 7.40. The number of aromatic amines is 1. The number of nitrogens with zero attached hydrogens (tertiary/aromatic N) is 4. The van der Waals surface area contributed by atoms with Gasteiger partial charge in [-0.25, -0.2) is 4.98 Å². The average molecular weight is 982 g/mol. The van der Waals surface area contributed by atoms with Crippen molar-refractivity contribution < 1.29 is 24.3 Å². The van der Waals surface area contributed by atoms with E-state index in [9.17, 15) is 20.0 Å². The molecule has 2 aliphatic heterocycles. The molecule has 0 spiro atoms.